The number of fused-ring (bicyclic) bond motifs is 1. The van der Waals surface area contributed by atoms with Gasteiger partial charge in [-0.15, -0.1) is 0 Å². The zero-order valence-corrected chi connectivity index (χ0v) is 9.57. The number of nitrogens with one attached hydrogen (secondary N) is 1. The lowest BCUT2D eigenvalue weighted by Crippen LogP contribution is -2.39. The van der Waals surface area contributed by atoms with E-state index in [0.717, 1.165) is 11.4 Å². The highest BCUT2D eigenvalue weighted by Gasteiger charge is 2.42. The fraction of sp³-hybridized carbons (Fsp3) is 0.545. The monoisotopic (exact) mass is 204 g/mol. The quantitative estimate of drug-likeness (QED) is 0.704. The molecular formula is C11H16N4. The van der Waals surface area contributed by atoms with Crippen LogP contribution >= 0.6 is 0 Å². The summed E-state index contributed by atoms with van der Waals surface area (Å²) in [6, 6.07) is 0. The Morgan fingerprint density at radius 2 is 2.07 bits per heavy atom. The topological polar surface area (TPSA) is 50.2 Å². The second kappa shape index (κ2) is 3.02. The molecule has 15 heavy (non-hydrogen) atoms. The van der Waals surface area contributed by atoms with Crippen molar-refractivity contribution in [1.82, 2.24) is 9.97 Å². The number of aliphatic imine (C=N–C) groups is 1. The lowest BCUT2D eigenvalue weighted by Gasteiger charge is -2.40. The van der Waals surface area contributed by atoms with E-state index < -0.39 is 0 Å². The van der Waals surface area contributed by atoms with Gasteiger partial charge in [0.25, 0.3) is 0 Å². The Morgan fingerprint density at radius 3 is 2.73 bits per heavy atom. The standard InChI is InChI=1S/C11H16N4/c1-10(2,3)11(4)8-5-12-6-13-9(8)14-7-15-11/h5-7H,1-4H3,(H,12,13,14,15). The molecule has 0 fully saturated rings. The second-order valence-corrected chi connectivity index (χ2v) is 5.01. The van der Waals surface area contributed by atoms with Crippen molar-refractivity contribution in [2.45, 2.75) is 33.2 Å². The van der Waals surface area contributed by atoms with Gasteiger partial charge in [0.15, 0.2) is 0 Å². The van der Waals surface area contributed by atoms with Crippen molar-refractivity contribution in [3.05, 3.63) is 18.1 Å². The average Bonchev–Trinajstić information content (AvgIpc) is 2.17. The van der Waals surface area contributed by atoms with Gasteiger partial charge in [0, 0.05) is 11.8 Å². The molecule has 80 valence electrons. The summed E-state index contributed by atoms with van der Waals surface area (Å²) in [6.45, 7) is 8.64. The fourth-order valence-electron chi connectivity index (χ4n) is 1.69. The number of nitrogens with zero attached hydrogens (tertiary/aromatic N) is 3. The smallest absolute Gasteiger partial charge is 0.140 e. The Labute approximate surface area is 89.9 Å². The number of hydrogen-bond acceptors (Lipinski definition) is 4. The molecule has 0 radical (unpaired) electrons. The Morgan fingerprint density at radius 1 is 1.33 bits per heavy atom. The van der Waals surface area contributed by atoms with Gasteiger partial charge in [-0.3, -0.25) is 4.99 Å². The van der Waals surface area contributed by atoms with E-state index in [4.69, 9.17) is 0 Å². The van der Waals surface area contributed by atoms with Crippen LogP contribution in [0.2, 0.25) is 0 Å². The third-order valence-electron chi connectivity index (χ3n) is 3.22. The third-order valence-corrected chi connectivity index (χ3v) is 3.22. The first-order chi connectivity index (χ1) is 6.95. The van der Waals surface area contributed by atoms with Crippen molar-refractivity contribution in [3.8, 4) is 0 Å². The normalized spacial score (nSPS) is 24.5. The summed E-state index contributed by atoms with van der Waals surface area (Å²) in [4.78, 5) is 12.9. The Balaban J connectivity index is 2.60. The molecule has 0 bridgehead atoms. The minimum absolute atomic E-state index is 0.0328. The van der Waals surface area contributed by atoms with Gasteiger partial charge in [0.1, 0.15) is 12.1 Å². The molecule has 1 N–H and O–H groups in total. The van der Waals surface area contributed by atoms with Gasteiger partial charge < -0.3 is 5.32 Å². The highest BCUT2D eigenvalue weighted by molar-refractivity contribution is 5.79. The van der Waals surface area contributed by atoms with Gasteiger partial charge >= 0.3 is 0 Å². The molecule has 1 unspecified atom stereocenters. The molecule has 4 heteroatoms. The van der Waals surface area contributed by atoms with Crippen LogP contribution in [0.4, 0.5) is 5.82 Å². The zero-order valence-electron chi connectivity index (χ0n) is 9.57. The van der Waals surface area contributed by atoms with E-state index in [1.165, 1.54) is 0 Å². The van der Waals surface area contributed by atoms with Gasteiger partial charge in [0.05, 0.1) is 11.9 Å². The van der Waals surface area contributed by atoms with Crippen molar-refractivity contribution < 1.29 is 0 Å². The molecule has 1 aliphatic rings. The maximum atomic E-state index is 4.56. The molecule has 4 nitrogen and oxygen atoms in total. The van der Waals surface area contributed by atoms with Crippen LogP contribution in [0.3, 0.4) is 0 Å². The van der Waals surface area contributed by atoms with Gasteiger partial charge in [-0.2, -0.15) is 0 Å². The lowest BCUT2D eigenvalue weighted by atomic mass is 9.71. The molecule has 0 amide bonds. The minimum atomic E-state index is -0.269. The van der Waals surface area contributed by atoms with Crippen molar-refractivity contribution in [2.24, 2.45) is 10.4 Å². The van der Waals surface area contributed by atoms with Gasteiger partial charge in [-0.25, -0.2) is 9.97 Å². The Bertz CT molecular complexity index is 405. The van der Waals surface area contributed by atoms with Crippen LogP contribution in [0.15, 0.2) is 17.5 Å². The van der Waals surface area contributed by atoms with Crippen LogP contribution in [-0.4, -0.2) is 16.3 Å². The van der Waals surface area contributed by atoms with Crippen molar-refractivity contribution >= 4 is 12.2 Å². The number of rotatable bonds is 0. The second-order valence-electron chi connectivity index (χ2n) is 5.01. The van der Waals surface area contributed by atoms with E-state index in [9.17, 15) is 0 Å². The van der Waals surface area contributed by atoms with Crippen molar-refractivity contribution in [1.29, 1.82) is 0 Å². The molecule has 0 aliphatic carbocycles. The van der Waals surface area contributed by atoms with Gasteiger partial charge in [-0.1, -0.05) is 20.8 Å². The Kier molecular flexibility index (Phi) is 2.03. The first-order valence-electron chi connectivity index (χ1n) is 5.06. The predicted molar refractivity (Wildman–Crippen MR) is 61.0 cm³/mol. The van der Waals surface area contributed by atoms with E-state index in [2.05, 4.69) is 48.0 Å². The summed E-state index contributed by atoms with van der Waals surface area (Å²) in [6.07, 6.45) is 5.12. The van der Waals surface area contributed by atoms with E-state index in [1.807, 2.05) is 6.20 Å². The summed E-state index contributed by atoms with van der Waals surface area (Å²) in [5.74, 6) is 0.859. The molecular weight excluding hydrogens is 188 g/mol. The highest BCUT2D eigenvalue weighted by atomic mass is 15.1. The van der Waals surface area contributed by atoms with Crippen LogP contribution in [0.5, 0.6) is 0 Å². The van der Waals surface area contributed by atoms with Crippen LogP contribution in [0.1, 0.15) is 33.3 Å². The van der Waals surface area contributed by atoms with Crippen LogP contribution in [0, 0.1) is 5.41 Å². The SMILES string of the molecule is CC(C)(C)C1(C)N=CNc2ncncc21. The summed E-state index contributed by atoms with van der Waals surface area (Å²) < 4.78 is 0. The molecule has 1 atom stereocenters. The summed E-state index contributed by atoms with van der Waals surface area (Å²) in [5.41, 5.74) is 0.819. The van der Waals surface area contributed by atoms with Crippen LogP contribution < -0.4 is 5.32 Å². The number of anilines is 1. The Hall–Kier alpha value is -1.45. The van der Waals surface area contributed by atoms with Crippen molar-refractivity contribution in [2.75, 3.05) is 5.32 Å². The van der Waals surface area contributed by atoms with Crippen LogP contribution in [-0.2, 0) is 5.54 Å². The summed E-state index contributed by atoms with van der Waals surface area (Å²) in [5, 5.41) is 3.05. The average molecular weight is 204 g/mol. The van der Waals surface area contributed by atoms with Crippen molar-refractivity contribution in [3.63, 3.8) is 0 Å². The van der Waals surface area contributed by atoms with Gasteiger partial charge in [-0.05, 0) is 12.3 Å². The lowest BCUT2D eigenvalue weighted by molar-refractivity contribution is 0.212. The first-order valence-corrected chi connectivity index (χ1v) is 5.06. The summed E-state index contributed by atoms with van der Waals surface area (Å²) in [7, 11) is 0. The first kappa shape index (κ1) is 10.1. The molecule has 0 saturated heterocycles. The zero-order chi connectivity index (χ0) is 11.1. The third kappa shape index (κ3) is 1.40. The maximum absolute atomic E-state index is 4.56. The van der Waals surface area contributed by atoms with E-state index in [1.54, 1.807) is 12.7 Å². The largest absolute Gasteiger partial charge is 0.331 e. The molecule has 0 saturated carbocycles. The molecule has 1 aromatic rings. The van der Waals surface area contributed by atoms with E-state index >= 15 is 0 Å². The molecule has 1 aromatic heterocycles. The summed E-state index contributed by atoms with van der Waals surface area (Å²) >= 11 is 0. The fourth-order valence-corrected chi connectivity index (χ4v) is 1.69. The molecule has 0 spiro atoms. The van der Waals surface area contributed by atoms with E-state index in [-0.39, 0.29) is 11.0 Å². The number of hydrogen-bond donors (Lipinski definition) is 1. The number of aromatic nitrogens is 2. The molecule has 1 aliphatic heterocycles. The van der Waals surface area contributed by atoms with E-state index in [0.29, 0.717) is 0 Å². The minimum Gasteiger partial charge on any atom is -0.331 e. The van der Waals surface area contributed by atoms with Gasteiger partial charge in [0.2, 0.25) is 0 Å². The molecule has 2 rings (SSSR count). The molecule has 2 heterocycles. The highest BCUT2D eigenvalue weighted by Crippen LogP contribution is 2.45. The predicted octanol–water partition coefficient (Wildman–Crippen LogP) is 2.19. The molecule has 0 aromatic carbocycles. The van der Waals surface area contributed by atoms with Crippen LogP contribution in [0.25, 0.3) is 0 Å². The maximum Gasteiger partial charge on any atom is 0.140 e.